The minimum Gasteiger partial charge on any atom is -0.507 e. The number of rotatable bonds is 10. The van der Waals surface area contributed by atoms with Gasteiger partial charge in [-0.15, -0.1) is 10.2 Å². The van der Waals surface area contributed by atoms with Crippen LogP contribution in [-0.4, -0.2) is 153 Å². The number of phenolic OH excluding ortho intramolecular Hbond substituents is 1. The van der Waals surface area contributed by atoms with E-state index >= 15 is 0 Å². The summed E-state index contributed by atoms with van der Waals surface area (Å²) < 4.78 is 15.6. The van der Waals surface area contributed by atoms with Crippen LogP contribution in [0.2, 0.25) is 0 Å². The molecule has 3 aromatic rings. The Morgan fingerprint density at radius 3 is 2.25 bits per heavy atom. The first kappa shape index (κ1) is 40.4. The minimum absolute atomic E-state index is 0.0826. The molecule has 6 aliphatic heterocycles. The van der Waals surface area contributed by atoms with Gasteiger partial charge in [0.2, 0.25) is 5.91 Å². The molecule has 18 nitrogen and oxygen atoms in total. The summed E-state index contributed by atoms with van der Waals surface area (Å²) in [6, 6.07) is 13.5. The summed E-state index contributed by atoms with van der Waals surface area (Å²) >= 11 is 0. The van der Waals surface area contributed by atoms with Crippen LogP contribution in [0, 0.1) is 11.8 Å². The van der Waals surface area contributed by atoms with Crippen molar-refractivity contribution in [2.45, 2.75) is 50.6 Å². The van der Waals surface area contributed by atoms with E-state index in [-0.39, 0.29) is 29.7 Å². The number of para-hydroxylation sites is 1. The normalized spacial score (nSPS) is 23.5. The highest BCUT2D eigenvalue weighted by atomic mass is 31.2. The number of aromatic nitrogens is 2. The average Bonchev–Trinajstić information content (AvgIpc) is 3.49. The number of piperidine rings is 3. The van der Waals surface area contributed by atoms with Gasteiger partial charge in [0.15, 0.2) is 5.82 Å². The quantitative estimate of drug-likeness (QED) is 0.171. The van der Waals surface area contributed by atoms with Crippen molar-refractivity contribution in [2.24, 2.45) is 11.8 Å². The van der Waals surface area contributed by atoms with Gasteiger partial charge in [-0.25, -0.2) is 4.57 Å². The number of phosphoric acid groups is 1. The highest BCUT2D eigenvalue weighted by molar-refractivity contribution is 7.46. The second kappa shape index (κ2) is 16.5. The number of benzene rings is 2. The van der Waals surface area contributed by atoms with Gasteiger partial charge in [-0.2, -0.15) is 0 Å². The summed E-state index contributed by atoms with van der Waals surface area (Å²) in [7, 11) is -4.97. The lowest BCUT2D eigenvalue weighted by molar-refractivity contribution is -0.155. The third-order valence-electron chi connectivity index (χ3n) is 13.1. The molecule has 0 bridgehead atoms. The van der Waals surface area contributed by atoms with Gasteiger partial charge in [0.25, 0.3) is 17.7 Å². The predicted octanol–water partition coefficient (Wildman–Crippen LogP) is 2.57. The number of nitrogens with one attached hydrogen (secondary N) is 1. The molecule has 60 heavy (non-hydrogen) atoms. The maximum absolute atomic E-state index is 13.6. The lowest BCUT2D eigenvalue weighted by Gasteiger charge is -2.47. The summed E-state index contributed by atoms with van der Waals surface area (Å²) in [6.07, 6.45) is 4.11. The van der Waals surface area contributed by atoms with E-state index in [4.69, 9.17) is 9.79 Å². The van der Waals surface area contributed by atoms with Crippen LogP contribution < -0.4 is 15.1 Å². The summed E-state index contributed by atoms with van der Waals surface area (Å²) in [4.78, 5) is 82.0. The number of phenols is 1. The molecular formula is C41H50N9O9P. The smallest absolute Gasteiger partial charge is 0.471 e. The molecule has 0 aliphatic carbocycles. The van der Waals surface area contributed by atoms with Gasteiger partial charge in [-0.1, -0.05) is 12.1 Å². The number of imide groups is 2. The fraction of sp³-hybridized carbons (Fsp3) is 0.512. The van der Waals surface area contributed by atoms with Gasteiger partial charge in [0.1, 0.15) is 18.5 Å². The Labute approximate surface area is 347 Å². The highest BCUT2D eigenvalue weighted by Crippen LogP contribution is 2.39. The molecule has 1 unspecified atom stereocenters. The third-order valence-corrected chi connectivity index (χ3v) is 13.6. The maximum atomic E-state index is 13.6. The Kier molecular flexibility index (Phi) is 11.1. The zero-order valence-electron chi connectivity index (χ0n) is 33.3. The van der Waals surface area contributed by atoms with Crippen molar-refractivity contribution in [1.29, 1.82) is 0 Å². The standard InChI is InChI=1S/C41H50N9O9P/c51-36-4-2-1-3-31(36)33-20-35-38(44-43-33)42-21-29-24-46(17-18-48(29)35)23-26-9-13-45(14-10-26)22-27-11-15-47(16-12-27)28-5-6-30-32(19-28)40(54)50(39(30)53)34-7-8-37(52)49(41(34)55)25-59-60(56,57)58/h1-6,19-20,26-27,29,34,51H,7-18,21-25H2,(H,42,44)(H2,56,57,58)/t29-,34?/m0/s1. The number of carbonyl (C=O) groups is 4. The first-order chi connectivity index (χ1) is 28.9. The molecule has 4 saturated heterocycles. The number of likely N-dealkylation sites (tertiary alicyclic amines) is 2. The lowest BCUT2D eigenvalue weighted by Crippen LogP contribution is -2.58. The van der Waals surface area contributed by atoms with E-state index in [1.54, 1.807) is 24.3 Å². The minimum atomic E-state index is -4.97. The zero-order chi connectivity index (χ0) is 41.7. The third kappa shape index (κ3) is 8.11. The number of hydrogen-bond acceptors (Lipinski definition) is 14. The van der Waals surface area contributed by atoms with Crippen molar-refractivity contribution < 1.29 is 43.2 Å². The summed E-state index contributed by atoms with van der Waals surface area (Å²) in [5, 5.41) is 22.7. The Morgan fingerprint density at radius 1 is 0.783 bits per heavy atom. The van der Waals surface area contributed by atoms with Gasteiger partial charge < -0.3 is 34.9 Å². The maximum Gasteiger partial charge on any atom is 0.471 e. The van der Waals surface area contributed by atoms with Crippen molar-refractivity contribution in [3.63, 3.8) is 0 Å². The number of phosphoric ester groups is 1. The molecule has 318 valence electrons. The first-order valence-corrected chi connectivity index (χ1v) is 22.4. The van der Waals surface area contributed by atoms with E-state index in [0.717, 1.165) is 100 Å². The van der Waals surface area contributed by atoms with E-state index in [2.05, 4.69) is 39.6 Å². The van der Waals surface area contributed by atoms with E-state index < -0.39 is 44.2 Å². The van der Waals surface area contributed by atoms with E-state index in [9.17, 15) is 28.8 Å². The molecular weight excluding hydrogens is 793 g/mol. The van der Waals surface area contributed by atoms with Crippen LogP contribution in [0.15, 0.2) is 48.5 Å². The molecule has 19 heteroatoms. The van der Waals surface area contributed by atoms with Crippen molar-refractivity contribution in [1.82, 2.24) is 29.8 Å². The predicted molar refractivity (Wildman–Crippen MR) is 219 cm³/mol. The molecule has 6 aliphatic rings. The van der Waals surface area contributed by atoms with Gasteiger partial charge in [0.05, 0.1) is 28.6 Å². The Balaban J connectivity index is 0.730. The number of hydrogen-bond donors (Lipinski definition) is 4. The zero-order valence-corrected chi connectivity index (χ0v) is 34.2. The molecule has 0 saturated carbocycles. The van der Waals surface area contributed by atoms with Crippen LogP contribution in [-0.2, 0) is 18.7 Å². The highest BCUT2D eigenvalue weighted by Gasteiger charge is 2.47. The van der Waals surface area contributed by atoms with Gasteiger partial charge in [-0.05, 0) is 93.4 Å². The second-order valence-electron chi connectivity index (χ2n) is 16.8. The summed E-state index contributed by atoms with van der Waals surface area (Å²) in [5.74, 6) is -0.664. The molecule has 4 amide bonds. The fourth-order valence-electron chi connectivity index (χ4n) is 9.85. The molecule has 2 atom stereocenters. The number of piperazine rings is 1. The molecule has 0 radical (unpaired) electrons. The van der Waals surface area contributed by atoms with Crippen LogP contribution in [0.1, 0.15) is 59.2 Å². The average molecular weight is 844 g/mol. The van der Waals surface area contributed by atoms with Crippen LogP contribution in [0.25, 0.3) is 11.3 Å². The van der Waals surface area contributed by atoms with Crippen molar-refractivity contribution >= 4 is 48.6 Å². The van der Waals surface area contributed by atoms with Crippen LogP contribution in [0.5, 0.6) is 5.75 Å². The number of fused-ring (bicyclic) bond motifs is 4. The number of carbonyl (C=O) groups excluding carboxylic acids is 4. The van der Waals surface area contributed by atoms with E-state index in [1.807, 2.05) is 24.3 Å². The molecule has 2 aromatic carbocycles. The number of nitrogens with zero attached hydrogens (tertiary/aromatic N) is 8. The SMILES string of the molecule is O=C1CCC(N2C(=O)c3ccc(N4CCC(CN5CCC(CN6CCN7c8cc(-c9ccccc9O)nnc8NC[C@H]7C6)CC5)CC4)cc3C2=O)C(=O)N1COP(=O)(O)O. The van der Waals surface area contributed by atoms with Crippen molar-refractivity contribution in [3.05, 3.63) is 59.7 Å². The molecule has 4 N–H and O–H groups in total. The van der Waals surface area contributed by atoms with Gasteiger partial charge >= 0.3 is 7.82 Å². The summed E-state index contributed by atoms with van der Waals surface area (Å²) in [6.45, 7) is 8.77. The van der Waals surface area contributed by atoms with Crippen LogP contribution in [0.4, 0.5) is 17.2 Å². The molecule has 0 spiro atoms. The van der Waals surface area contributed by atoms with Gasteiger partial charge in [0, 0.05) is 70.0 Å². The number of amides is 4. The fourth-order valence-corrected chi connectivity index (χ4v) is 10.1. The molecule has 7 heterocycles. The van der Waals surface area contributed by atoms with E-state index in [0.29, 0.717) is 34.0 Å². The molecule has 9 rings (SSSR count). The van der Waals surface area contributed by atoms with E-state index in [1.165, 1.54) is 12.8 Å². The molecule has 1 aromatic heterocycles. The Morgan fingerprint density at radius 2 is 1.50 bits per heavy atom. The lowest BCUT2D eigenvalue weighted by atomic mass is 9.92. The van der Waals surface area contributed by atoms with Crippen LogP contribution in [0.3, 0.4) is 0 Å². The second-order valence-corrected chi connectivity index (χ2v) is 18.1. The van der Waals surface area contributed by atoms with Gasteiger partial charge in [-0.3, -0.25) is 38.4 Å². The molecule has 4 fully saturated rings. The topological polar surface area (TPSA) is 213 Å². The Hall–Kier alpha value is -4.97. The number of anilines is 3. The van der Waals surface area contributed by atoms with Crippen LogP contribution >= 0.6 is 7.82 Å². The monoisotopic (exact) mass is 843 g/mol. The van der Waals surface area contributed by atoms with Crippen molar-refractivity contribution in [3.8, 4) is 17.0 Å². The number of aromatic hydroxyl groups is 1. The Bertz CT molecular complexity index is 2220. The summed E-state index contributed by atoms with van der Waals surface area (Å²) in [5.41, 5.74) is 3.60. The first-order valence-electron chi connectivity index (χ1n) is 20.8. The largest absolute Gasteiger partial charge is 0.507 e. The van der Waals surface area contributed by atoms with Crippen molar-refractivity contribution in [2.75, 3.05) is 87.3 Å².